The van der Waals surface area contributed by atoms with Crippen LogP contribution in [0.1, 0.15) is 31.9 Å². The van der Waals surface area contributed by atoms with Crippen molar-refractivity contribution in [1.82, 2.24) is 5.32 Å². The topological polar surface area (TPSA) is 12.0 Å². The van der Waals surface area contributed by atoms with E-state index >= 15 is 0 Å². The van der Waals surface area contributed by atoms with E-state index in [1.165, 1.54) is 5.56 Å². The lowest BCUT2D eigenvalue weighted by atomic mass is 10.0. The van der Waals surface area contributed by atoms with Gasteiger partial charge in [-0.1, -0.05) is 61.0 Å². The summed E-state index contributed by atoms with van der Waals surface area (Å²) in [6, 6.07) is 17.0. The predicted molar refractivity (Wildman–Crippen MR) is 83.6 cm³/mol. The van der Waals surface area contributed by atoms with E-state index < -0.39 is 0 Å². The molecular formula is C17H20ClN. The van der Waals surface area contributed by atoms with Gasteiger partial charge in [0.1, 0.15) is 0 Å². The summed E-state index contributed by atoms with van der Waals surface area (Å²) >= 11 is 6.22. The molecule has 1 unspecified atom stereocenters. The quantitative estimate of drug-likeness (QED) is 0.802. The van der Waals surface area contributed by atoms with Crippen molar-refractivity contribution in [1.29, 1.82) is 0 Å². The smallest absolute Gasteiger partial charge is 0.0484 e. The Morgan fingerprint density at radius 3 is 2.37 bits per heavy atom. The molecule has 2 rings (SSSR count). The molecule has 0 saturated carbocycles. The van der Waals surface area contributed by atoms with E-state index in [0.29, 0.717) is 6.04 Å². The summed E-state index contributed by atoms with van der Waals surface area (Å²) in [5.74, 6) is 0. The van der Waals surface area contributed by atoms with Crippen molar-refractivity contribution in [3.05, 3.63) is 59.1 Å². The van der Waals surface area contributed by atoms with Crippen molar-refractivity contribution >= 4 is 11.6 Å². The summed E-state index contributed by atoms with van der Waals surface area (Å²) in [6.07, 6.45) is 1.15. The van der Waals surface area contributed by atoms with Crippen molar-refractivity contribution in [2.45, 2.75) is 26.3 Å². The molecule has 0 saturated heterocycles. The lowest BCUT2D eigenvalue weighted by molar-refractivity contribution is 0.571. The Kier molecular flexibility index (Phi) is 5.00. The van der Waals surface area contributed by atoms with Crippen LogP contribution < -0.4 is 5.32 Å². The molecule has 0 aliphatic rings. The van der Waals surface area contributed by atoms with Crippen LogP contribution in [0.3, 0.4) is 0 Å². The molecule has 2 aromatic carbocycles. The third-order valence-corrected chi connectivity index (χ3v) is 3.63. The fourth-order valence-electron chi connectivity index (χ4n) is 2.13. The van der Waals surface area contributed by atoms with Gasteiger partial charge in [0.05, 0.1) is 0 Å². The molecule has 1 nitrogen and oxygen atoms in total. The molecule has 1 N–H and O–H groups in total. The molecule has 0 aliphatic carbocycles. The summed E-state index contributed by atoms with van der Waals surface area (Å²) in [5, 5.41) is 4.29. The highest BCUT2D eigenvalue weighted by Crippen LogP contribution is 2.28. The first kappa shape index (κ1) is 14.1. The minimum absolute atomic E-state index is 0.389. The molecule has 100 valence electrons. The van der Waals surface area contributed by atoms with Crippen LogP contribution in [-0.2, 0) is 0 Å². The molecule has 0 bridgehead atoms. The summed E-state index contributed by atoms with van der Waals surface area (Å²) in [6.45, 7) is 5.42. The third-order valence-electron chi connectivity index (χ3n) is 3.30. The Bertz CT molecular complexity index is 519. The van der Waals surface area contributed by atoms with E-state index in [4.69, 9.17) is 11.6 Å². The van der Waals surface area contributed by atoms with Gasteiger partial charge in [0.15, 0.2) is 0 Å². The van der Waals surface area contributed by atoms with Crippen LogP contribution in [0, 0.1) is 0 Å². The van der Waals surface area contributed by atoms with Crippen molar-refractivity contribution in [3.8, 4) is 11.1 Å². The lowest BCUT2D eigenvalue weighted by Crippen LogP contribution is -2.19. The average Bonchev–Trinajstić information content (AvgIpc) is 2.45. The molecule has 0 aromatic heterocycles. The Hall–Kier alpha value is -1.31. The average molecular weight is 274 g/mol. The molecule has 1 atom stereocenters. The Morgan fingerprint density at radius 1 is 1.05 bits per heavy atom. The van der Waals surface area contributed by atoms with Crippen molar-refractivity contribution in [2.75, 3.05) is 6.54 Å². The number of hydrogen-bond acceptors (Lipinski definition) is 1. The fraction of sp³-hybridized carbons (Fsp3) is 0.294. The van der Waals surface area contributed by atoms with Crippen LogP contribution >= 0.6 is 11.6 Å². The first-order valence-electron chi connectivity index (χ1n) is 6.80. The molecular weight excluding hydrogens is 254 g/mol. The highest BCUT2D eigenvalue weighted by atomic mass is 35.5. The molecule has 0 radical (unpaired) electrons. The van der Waals surface area contributed by atoms with Gasteiger partial charge in [-0.25, -0.2) is 0 Å². The zero-order chi connectivity index (χ0) is 13.7. The van der Waals surface area contributed by atoms with Crippen LogP contribution in [0.5, 0.6) is 0 Å². The second-order valence-electron chi connectivity index (χ2n) is 4.78. The van der Waals surface area contributed by atoms with E-state index in [1.807, 2.05) is 18.2 Å². The van der Waals surface area contributed by atoms with Gasteiger partial charge in [-0.05, 0) is 37.1 Å². The van der Waals surface area contributed by atoms with Gasteiger partial charge >= 0.3 is 0 Å². The first-order valence-corrected chi connectivity index (χ1v) is 7.18. The van der Waals surface area contributed by atoms with E-state index in [2.05, 4.69) is 49.5 Å². The summed E-state index contributed by atoms with van der Waals surface area (Å²) < 4.78 is 0. The highest BCUT2D eigenvalue weighted by Gasteiger charge is 2.06. The fourth-order valence-corrected chi connectivity index (χ4v) is 2.37. The number of hydrogen-bond donors (Lipinski definition) is 1. The molecule has 2 heteroatoms. The summed E-state index contributed by atoms with van der Waals surface area (Å²) in [4.78, 5) is 0. The van der Waals surface area contributed by atoms with E-state index in [-0.39, 0.29) is 0 Å². The van der Waals surface area contributed by atoms with Crippen LogP contribution in [0.2, 0.25) is 5.02 Å². The predicted octanol–water partition coefficient (Wildman–Crippen LogP) is 5.07. The maximum absolute atomic E-state index is 6.22. The molecule has 0 aliphatic heterocycles. The van der Waals surface area contributed by atoms with Gasteiger partial charge in [0.25, 0.3) is 0 Å². The van der Waals surface area contributed by atoms with Gasteiger partial charge in [0.2, 0.25) is 0 Å². The Morgan fingerprint density at radius 2 is 1.74 bits per heavy atom. The SMILES string of the molecule is CCCNC(C)c1ccc(-c2ccccc2Cl)cc1. The lowest BCUT2D eigenvalue weighted by Gasteiger charge is -2.14. The Balaban J connectivity index is 2.17. The molecule has 0 spiro atoms. The van der Waals surface area contributed by atoms with Gasteiger partial charge < -0.3 is 5.32 Å². The minimum atomic E-state index is 0.389. The number of rotatable bonds is 5. The monoisotopic (exact) mass is 273 g/mol. The maximum Gasteiger partial charge on any atom is 0.0484 e. The zero-order valence-electron chi connectivity index (χ0n) is 11.5. The summed E-state index contributed by atoms with van der Waals surface area (Å²) in [5.41, 5.74) is 3.56. The molecule has 0 amide bonds. The molecule has 0 heterocycles. The van der Waals surface area contributed by atoms with E-state index in [1.54, 1.807) is 0 Å². The van der Waals surface area contributed by atoms with Crippen molar-refractivity contribution < 1.29 is 0 Å². The Labute approximate surface area is 120 Å². The van der Waals surface area contributed by atoms with E-state index in [0.717, 1.165) is 29.1 Å². The molecule has 19 heavy (non-hydrogen) atoms. The largest absolute Gasteiger partial charge is 0.310 e. The zero-order valence-corrected chi connectivity index (χ0v) is 12.2. The number of halogens is 1. The minimum Gasteiger partial charge on any atom is -0.310 e. The van der Waals surface area contributed by atoms with Crippen LogP contribution in [0.4, 0.5) is 0 Å². The molecule has 0 fully saturated rings. The van der Waals surface area contributed by atoms with Gasteiger partial charge in [0, 0.05) is 16.6 Å². The van der Waals surface area contributed by atoms with Gasteiger partial charge in [-0.2, -0.15) is 0 Å². The van der Waals surface area contributed by atoms with E-state index in [9.17, 15) is 0 Å². The standard InChI is InChI=1S/C17H20ClN/c1-3-12-19-13(2)14-8-10-15(11-9-14)16-6-4-5-7-17(16)18/h4-11,13,19H,3,12H2,1-2H3. The number of nitrogens with one attached hydrogen (secondary N) is 1. The van der Waals surface area contributed by atoms with Gasteiger partial charge in [-0.15, -0.1) is 0 Å². The number of benzene rings is 2. The van der Waals surface area contributed by atoms with Gasteiger partial charge in [-0.3, -0.25) is 0 Å². The second kappa shape index (κ2) is 6.74. The molecule has 2 aromatic rings. The van der Waals surface area contributed by atoms with Crippen molar-refractivity contribution in [2.24, 2.45) is 0 Å². The van der Waals surface area contributed by atoms with Crippen molar-refractivity contribution in [3.63, 3.8) is 0 Å². The summed E-state index contributed by atoms with van der Waals surface area (Å²) in [7, 11) is 0. The second-order valence-corrected chi connectivity index (χ2v) is 5.18. The third kappa shape index (κ3) is 3.59. The highest BCUT2D eigenvalue weighted by molar-refractivity contribution is 6.33. The normalized spacial score (nSPS) is 12.4. The van der Waals surface area contributed by atoms with Crippen LogP contribution in [0.25, 0.3) is 11.1 Å². The van der Waals surface area contributed by atoms with Crippen LogP contribution in [0.15, 0.2) is 48.5 Å². The first-order chi connectivity index (χ1) is 9.22. The maximum atomic E-state index is 6.22. The van der Waals surface area contributed by atoms with Crippen LogP contribution in [-0.4, -0.2) is 6.54 Å².